The molecular formula is C17H14BrClN6. The maximum Gasteiger partial charge on any atom is 0.157 e. The van der Waals surface area contributed by atoms with Crippen LogP contribution in [0.4, 0.5) is 5.82 Å². The van der Waals surface area contributed by atoms with Crippen LogP contribution in [0.3, 0.4) is 0 Å². The molecule has 1 aromatic carbocycles. The van der Waals surface area contributed by atoms with Gasteiger partial charge in [0.05, 0.1) is 21.9 Å². The van der Waals surface area contributed by atoms with Crippen LogP contribution in [0.15, 0.2) is 40.2 Å². The second kappa shape index (κ2) is 6.24. The van der Waals surface area contributed by atoms with Crippen LogP contribution < -0.4 is 5.73 Å². The summed E-state index contributed by atoms with van der Waals surface area (Å²) in [5.74, 6) is 0.338. The van der Waals surface area contributed by atoms with Crippen molar-refractivity contribution in [1.82, 2.24) is 20.0 Å². The first-order valence-electron chi connectivity index (χ1n) is 7.69. The summed E-state index contributed by atoms with van der Waals surface area (Å²) in [5, 5.41) is 7.93. The molecule has 0 radical (unpaired) electrons. The third-order valence-electron chi connectivity index (χ3n) is 4.05. The van der Waals surface area contributed by atoms with Gasteiger partial charge in [0.25, 0.3) is 0 Å². The largest absolute Gasteiger partial charge is 0.381 e. The average molecular weight is 418 g/mol. The van der Waals surface area contributed by atoms with Crippen LogP contribution >= 0.6 is 27.5 Å². The minimum Gasteiger partial charge on any atom is -0.381 e. The maximum atomic E-state index is 6.43. The van der Waals surface area contributed by atoms with Crippen molar-refractivity contribution >= 4 is 50.0 Å². The summed E-state index contributed by atoms with van der Waals surface area (Å²) in [6, 6.07) is 7.71. The zero-order chi connectivity index (χ0) is 17.6. The van der Waals surface area contributed by atoms with Crippen molar-refractivity contribution in [2.24, 2.45) is 5.10 Å². The van der Waals surface area contributed by atoms with Crippen LogP contribution in [-0.2, 0) is 0 Å². The van der Waals surface area contributed by atoms with E-state index >= 15 is 0 Å². The topological polar surface area (TPSA) is 80.3 Å². The van der Waals surface area contributed by atoms with Crippen LogP contribution in [0, 0.1) is 0 Å². The highest BCUT2D eigenvalue weighted by atomic mass is 79.9. The van der Waals surface area contributed by atoms with E-state index in [0.717, 1.165) is 35.1 Å². The van der Waals surface area contributed by atoms with Gasteiger partial charge in [-0.2, -0.15) is 5.10 Å². The van der Waals surface area contributed by atoms with Gasteiger partial charge in [0, 0.05) is 37.2 Å². The number of nitrogens with zero attached hydrogens (tertiary/aromatic N) is 5. The molecule has 1 aliphatic rings. The summed E-state index contributed by atoms with van der Waals surface area (Å²) in [7, 11) is 1.93. The zero-order valence-corrected chi connectivity index (χ0v) is 15.7. The molecule has 0 saturated heterocycles. The van der Waals surface area contributed by atoms with Crippen LogP contribution in [0.25, 0.3) is 22.2 Å². The van der Waals surface area contributed by atoms with E-state index in [0.29, 0.717) is 26.8 Å². The molecule has 25 heavy (non-hydrogen) atoms. The van der Waals surface area contributed by atoms with Crippen molar-refractivity contribution in [3.05, 3.63) is 45.8 Å². The minimum absolute atomic E-state index is 0.338. The highest BCUT2D eigenvalue weighted by Crippen LogP contribution is 2.32. The second-order valence-corrected chi connectivity index (χ2v) is 6.97. The van der Waals surface area contributed by atoms with Crippen molar-refractivity contribution in [1.29, 1.82) is 0 Å². The van der Waals surface area contributed by atoms with E-state index in [-0.39, 0.29) is 0 Å². The van der Waals surface area contributed by atoms with E-state index in [4.69, 9.17) is 17.3 Å². The number of nitrogens with two attached hydrogens (primary N) is 1. The summed E-state index contributed by atoms with van der Waals surface area (Å²) in [5.41, 5.74) is 9.83. The number of hydrogen-bond acceptors (Lipinski definition) is 6. The molecule has 126 valence electrons. The molecule has 3 aromatic rings. The molecule has 8 heteroatoms. The van der Waals surface area contributed by atoms with Gasteiger partial charge in [-0.1, -0.05) is 17.7 Å². The Balaban J connectivity index is 1.96. The first kappa shape index (κ1) is 16.2. The molecule has 1 aliphatic heterocycles. The number of rotatable bonds is 2. The Hall–Kier alpha value is -2.25. The molecule has 0 bridgehead atoms. The zero-order valence-electron chi connectivity index (χ0n) is 13.4. The van der Waals surface area contributed by atoms with Gasteiger partial charge in [-0.3, -0.25) is 9.99 Å². The van der Waals surface area contributed by atoms with E-state index < -0.39 is 0 Å². The van der Waals surface area contributed by atoms with E-state index in [1.165, 1.54) is 0 Å². The molecule has 0 aliphatic carbocycles. The molecule has 2 N–H and O–H groups in total. The van der Waals surface area contributed by atoms with Gasteiger partial charge in [0.15, 0.2) is 5.82 Å². The number of hydrogen-bond donors (Lipinski definition) is 1. The van der Waals surface area contributed by atoms with Gasteiger partial charge < -0.3 is 5.73 Å². The molecular weight excluding hydrogens is 404 g/mol. The lowest BCUT2D eigenvalue weighted by molar-refractivity contribution is 0.393. The minimum atomic E-state index is 0.338. The lowest BCUT2D eigenvalue weighted by Crippen LogP contribution is -2.09. The standard InChI is InChI=1S/C17H14BrClN6/c1-25-6-4-12(24-25)15-14(22-16(18)17(20)23-15)10-7-9-3-2-5-21-13(9)11(19)8-10/h2-3,5,7-8H,4,6H2,1H3,(H2,20,23). The average Bonchev–Trinajstić information content (AvgIpc) is 3.03. The molecule has 6 nitrogen and oxygen atoms in total. The maximum absolute atomic E-state index is 6.43. The Kier molecular flexibility index (Phi) is 4.05. The smallest absolute Gasteiger partial charge is 0.157 e. The van der Waals surface area contributed by atoms with Gasteiger partial charge in [-0.05, 0) is 34.1 Å². The molecule has 0 unspecified atom stereocenters. The number of anilines is 1. The summed E-state index contributed by atoms with van der Waals surface area (Å²) >= 11 is 9.80. The molecule has 2 aromatic heterocycles. The third kappa shape index (κ3) is 2.94. The van der Waals surface area contributed by atoms with Crippen molar-refractivity contribution in [3.63, 3.8) is 0 Å². The van der Waals surface area contributed by atoms with Gasteiger partial charge in [-0.25, -0.2) is 9.97 Å². The fraction of sp³-hybridized carbons (Fsp3) is 0.176. The molecule has 3 heterocycles. The Labute approximate surface area is 157 Å². The second-order valence-electron chi connectivity index (χ2n) is 5.81. The highest BCUT2D eigenvalue weighted by molar-refractivity contribution is 9.10. The number of fused-ring (bicyclic) bond motifs is 1. The molecule has 0 amide bonds. The number of hydrazone groups is 1. The van der Waals surface area contributed by atoms with Gasteiger partial charge in [0.1, 0.15) is 10.3 Å². The number of halogens is 2. The van der Waals surface area contributed by atoms with Crippen LogP contribution in [0.2, 0.25) is 5.02 Å². The van der Waals surface area contributed by atoms with E-state index in [1.807, 2.05) is 36.3 Å². The molecule has 4 rings (SSSR count). The Morgan fingerprint density at radius 3 is 2.84 bits per heavy atom. The van der Waals surface area contributed by atoms with E-state index in [2.05, 4.69) is 36.0 Å². The Morgan fingerprint density at radius 2 is 2.08 bits per heavy atom. The number of benzene rings is 1. The predicted octanol–water partition coefficient (Wildman–Crippen LogP) is 3.73. The molecule has 0 atom stereocenters. The lowest BCUT2D eigenvalue weighted by atomic mass is 10.0. The van der Waals surface area contributed by atoms with Gasteiger partial charge >= 0.3 is 0 Å². The van der Waals surface area contributed by atoms with Crippen LogP contribution in [0.5, 0.6) is 0 Å². The summed E-state index contributed by atoms with van der Waals surface area (Å²) < 4.78 is 0.501. The van der Waals surface area contributed by atoms with Crippen molar-refractivity contribution < 1.29 is 0 Å². The molecule has 0 saturated carbocycles. The number of nitrogen functional groups attached to an aromatic ring is 1. The molecule has 0 fully saturated rings. The fourth-order valence-electron chi connectivity index (χ4n) is 2.85. The quantitative estimate of drug-likeness (QED) is 0.687. The molecule has 0 spiro atoms. The summed E-state index contributed by atoms with van der Waals surface area (Å²) in [6.07, 6.45) is 2.52. The normalized spacial score (nSPS) is 14.2. The van der Waals surface area contributed by atoms with Gasteiger partial charge in [-0.15, -0.1) is 0 Å². The lowest BCUT2D eigenvalue weighted by Gasteiger charge is -2.11. The fourth-order valence-corrected chi connectivity index (χ4v) is 3.40. The van der Waals surface area contributed by atoms with Crippen molar-refractivity contribution in [2.75, 3.05) is 19.3 Å². The predicted molar refractivity (Wildman–Crippen MR) is 104 cm³/mol. The first-order chi connectivity index (χ1) is 12.0. The number of aromatic nitrogens is 3. The van der Waals surface area contributed by atoms with Crippen LogP contribution in [0.1, 0.15) is 12.1 Å². The monoisotopic (exact) mass is 416 g/mol. The van der Waals surface area contributed by atoms with E-state index in [9.17, 15) is 0 Å². The highest BCUT2D eigenvalue weighted by Gasteiger charge is 2.22. The summed E-state index contributed by atoms with van der Waals surface area (Å²) in [4.78, 5) is 13.5. The van der Waals surface area contributed by atoms with Gasteiger partial charge in [0.2, 0.25) is 0 Å². The Bertz CT molecular complexity index is 1020. The SMILES string of the molecule is CN1CCC(c2nc(N)c(Br)nc2-c2cc(Cl)c3ncccc3c2)=N1. The summed E-state index contributed by atoms with van der Waals surface area (Å²) in [6.45, 7) is 0.842. The van der Waals surface area contributed by atoms with Crippen LogP contribution in [-0.4, -0.2) is 39.3 Å². The van der Waals surface area contributed by atoms with Crippen molar-refractivity contribution in [2.45, 2.75) is 6.42 Å². The first-order valence-corrected chi connectivity index (χ1v) is 8.86. The third-order valence-corrected chi connectivity index (χ3v) is 4.92. The number of pyridine rings is 1. The van der Waals surface area contributed by atoms with Crippen molar-refractivity contribution in [3.8, 4) is 11.3 Å². The van der Waals surface area contributed by atoms with E-state index in [1.54, 1.807) is 6.20 Å². The Morgan fingerprint density at radius 1 is 1.24 bits per heavy atom.